The standard InChI is InChI=1S/C9H5Cl2NO2/c10-5-1-2-6(7(11)3-5)8-4-9(13)12-14-8/h1-4H,(H,12,13). The number of hydrogen-bond acceptors (Lipinski definition) is 3. The average molecular weight is 230 g/mol. The molecule has 5 heteroatoms. The maximum absolute atomic E-state index is 8.99. The van der Waals surface area contributed by atoms with Gasteiger partial charge in [0.05, 0.1) is 5.02 Å². The van der Waals surface area contributed by atoms with Gasteiger partial charge in [-0.05, 0) is 23.4 Å². The van der Waals surface area contributed by atoms with E-state index in [1.807, 2.05) is 0 Å². The van der Waals surface area contributed by atoms with Crippen LogP contribution in [0.1, 0.15) is 0 Å². The van der Waals surface area contributed by atoms with Crippen molar-refractivity contribution in [3.63, 3.8) is 0 Å². The monoisotopic (exact) mass is 229 g/mol. The minimum Gasteiger partial charge on any atom is -0.491 e. The molecule has 0 atom stereocenters. The molecule has 1 aromatic carbocycles. The molecular formula is C9H5Cl2NO2. The van der Waals surface area contributed by atoms with Crippen LogP contribution in [0.2, 0.25) is 10.0 Å². The fourth-order valence-corrected chi connectivity index (χ4v) is 1.58. The summed E-state index contributed by atoms with van der Waals surface area (Å²) >= 11 is 11.6. The van der Waals surface area contributed by atoms with Crippen molar-refractivity contribution in [3.05, 3.63) is 34.3 Å². The summed E-state index contributed by atoms with van der Waals surface area (Å²) in [6.45, 7) is 0. The van der Waals surface area contributed by atoms with E-state index >= 15 is 0 Å². The van der Waals surface area contributed by atoms with Crippen LogP contribution in [0.5, 0.6) is 5.88 Å². The molecule has 0 saturated heterocycles. The normalized spacial score (nSPS) is 10.4. The van der Waals surface area contributed by atoms with Gasteiger partial charge < -0.3 is 9.63 Å². The molecule has 1 N–H and O–H groups in total. The van der Waals surface area contributed by atoms with Crippen molar-refractivity contribution in [1.29, 1.82) is 0 Å². The summed E-state index contributed by atoms with van der Waals surface area (Å²) in [4.78, 5) is 0. The second-order valence-corrected chi connectivity index (χ2v) is 3.52. The lowest BCUT2D eigenvalue weighted by Gasteiger charge is -1.98. The lowest BCUT2D eigenvalue weighted by Crippen LogP contribution is -1.75. The number of halogens is 2. The smallest absolute Gasteiger partial charge is 0.252 e. The molecule has 0 unspecified atom stereocenters. The summed E-state index contributed by atoms with van der Waals surface area (Å²) in [5, 5.41) is 13.3. The average Bonchev–Trinajstić information content (AvgIpc) is 2.51. The van der Waals surface area contributed by atoms with Gasteiger partial charge in [0, 0.05) is 16.7 Å². The molecular weight excluding hydrogens is 225 g/mol. The van der Waals surface area contributed by atoms with E-state index in [0.29, 0.717) is 21.4 Å². The number of benzene rings is 1. The van der Waals surface area contributed by atoms with Gasteiger partial charge in [0.1, 0.15) is 0 Å². The maximum Gasteiger partial charge on any atom is 0.252 e. The Morgan fingerprint density at radius 2 is 2.00 bits per heavy atom. The van der Waals surface area contributed by atoms with Crippen LogP contribution < -0.4 is 0 Å². The van der Waals surface area contributed by atoms with Crippen LogP contribution in [-0.4, -0.2) is 10.3 Å². The second-order valence-electron chi connectivity index (χ2n) is 2.67. The Balaban J connectivity index is 2.52. The van der Waals surface area contributed by atoms with Crippen molar-refractivity contribution in [3.8, 4) is 17.2 Å². The molecule has 0 saturated carbocycles. The van der Waals surface area contributed by atoms with Gasteiger partial charge in [-0.1, -0.05) is 23.2 Å². The van der Waals surface area contributed by atoms with Crippen molar-refractivity contribution < 1.29 is 9.63 Å². The lowest BCUT2D eigenvalue weighted by molar-refractivity contribution is 0.365. The van der Waals surface area contributed by atoms with Gasteiger partial charge in [0.2, 0.25) is 0 Å². The Labute approximate surface area is 89.9 Å². The van der Waals surface area contributed by atoms with Gasteiger partial charge in [-0.2, -0.15) is 0 Å². The molecule has 72 valence electrons. The van der Waals surface area contributed by atoms with Crippen LogP contribution in [0.3, 0.4) is 0 Å². The van der Waals surface area contributed by atoms with E-state index in [4.69, 9.17) is 32.8 Å². The largest absolute Gasteiger partial charge is 0.491 e. The summed E-state index contributed by atoms with van der Waals surface area (Å²) in [5.74, 6) is 0.232. The van der Waals surface area contributed by atoms with Gasteiger partial charge in [-0.25, -0.2) is 0 Å². The summed E-state index contributed by atoms with van der Waals surface area (Å²) in [6, 6.07) is 6.36. The first-order valence-corrected chi connectivity index (χ1v) is 4.53. The third-order valence-corrected chi connectivity index (χ3v) is 2.24. The van der Waals surface area contributed by atoms with Crippen molar-refractivity contribution in [2.45, 2.75) is 0 Å². The number of aromatic nitrogens is 1. The third kappa shape index (κ3) is 1.69. The molecule has 1 heterocycles. The van der Waals surface area contributed by atoms with Crippen LogP contribution in [0.4, 0.5) is 0 Å². The van der Waals surface area contributed by atoms with Crippen molar-refractivity contribution >= 4 is 23.2 Å². The second kappa shape index (κ2) is 3.52. The summed E-state index contributed by atoms with van der Waals surface area (Å²) in [6.07, 6.45) is 0. The lowest BCUT2D eigenvalue weighted by atomic mass is 10.2. The van der Waals surface area contributed by atoms with Crippen LogP contribution in [-0.2, 0) is 0 Å². The van der Waals surface area contributed by atoms with E-state index in [1.165, 1.54) is 6.07 Å². The molecule has 14 heavy (non-hydrogen) atoms. The van der Waals surface area contributed by atoms with Crippen LogP contribution >= 0.6 is 23.2 Å². The summed E-state index contributed by atoms with van der Waals surface area (Å²) in [5.41, 5.74) is 0.642. The van der Waals surface area contributed by atoms with Crippen LogP contribution in [0.15, 0.2) is 28.8 Å². The first-order valence-electron chi connectivity index (χ1n) is 3.78. The molecule has 0 spiro atoms. The molecule has 0 amide bonds. The first kappa shape index (κ1) is 9.37. The van der Waals surface area contributed by atoms with Gasteiger partial charge >= 0.3 is 0 Å². The molecule has 0 fully saturated rings. The van der Waals surface area contributed by atoms with E-state index < -0.39 is 0 Å². The molecule has 2 aromatic rings. The molecule has 0 aliphatic carbocycles. The topological polar surface area (TPSA) is 46.3 Å². The van der Waals surface area contributed by atoms with E-state index in [-0.39, 0.29) is 5.88 Å². The van der Waals surface area contributed by atoms with Crippen LogP contribution in [0, 0.1) is 0 Å². The van der Waals surface area contributed by atoms with Gasteiger partial charge in [0.15, 0.2) is 5.76 Å². The number of rotatable bonds is 1. The van der Waals surface area contributed by atoms with Crippen molar-refractivity contribution in [1.82, 2.24) is 5.16 Å². The fourth-order valence-electron chi connectivity index (χ4n) is 1.08. The van der Waals surface area contributed by atoms with Crippen LogP contribution in [0.25, 0.3) is 11.3 Å². The van der Waals surface area contributed by atoms with Crippen molar-refractivity contribution in [2.75, 3.05) is 0 Å². The van der Waals surface area contributed by atoms with E-state index in [0.717, 1.165) is 0 Å². The molecule has 0 radical (unpaired) electrons. The van der Waals surface area contributed by atoms with Gasteiger partial charge in [-0.15, -0.1) is 0 Å². The predicted octanol–water partition coefficient (Wildman–Crippen LogP) is 3.35. The first-order chi connectivity index (χ1) is 6.66. The SMILES string of the molecule is Oc1cc(-c2ccc(Cl)cc2Cl)on1. The zero-order chi connectivity index (χ0) is 10.1. The number of nitrogens with zero attached hydrogens (tertiary/aromatic N) is 1. The highest BCUT2D eigenvalue weighted by molar-refractivity contribution is 6.36. The van der Waals surface area contributed by atoms with Gasteiger partial charge in [-0.3, -0.25) is 0 Å². The Morgan fingerprint density at radius 3 is 2.57 bits per heavy atom. The molecule has 0 bridgehead atoms. The van der Waals surface area contributed by atoms with E-state index in [2.05, 4.69) is 5.16 Å². The highest BCUT2D eigenvalue weighted by Crippen LogP contribution is 2.31. The quantitative estimate of drug-likeness (QED) is 0.816. The highest BCUT2D eigenvalue weighted by Gasteiger charge is 2.09. The minimum atomic E-state index is -0.175. The Hall–Kier alpha value is -1.19. The molecule has 0 aliphatic heterocycles. The van der Waals surface area contributed by atoms with E-state index in [9.17, 15) is 0 Å². The number of aromatic hydroxyl groups is 1. The summed E-state index contributed by atoms with van der Waals surface area (Å²) in [7, 11) is 0. The summed E-state index contributed by atoms with van der Waals surface area (Å²) < 4.78 is 4.84. The Morgan fingerprint density at radius 1 is 1.21 bits per heavy atom. The van der Waals surface area contributed by atoms with E-state index in [1.54, 1.807) is 18.2 Å². The minimum absolute atomic E-state index is 0.175. The zero-order valence-electron chi connectivity index (χ0n) is 6.87. The highest BCUT2D eigenvalue weighted by atomic mass is 35.5. The fraction of sp³-hybridized carbons (Fsp3) is 0. The maximum atomic E-state index is 8.99. The van der Waals surface area contributed by atoms with Gasteiger partial charge in [0.25, 0.3) is 5.88 Å². The third-order valence-electron chi connectivity index (χ3n) is 1.69. The molecule has 2 rings (SSSR count). The van der Waals surface area contributed by atoms with Crippen molar-refractivity contribution in [2.24, 2.45) is 0 Å². The Kier molecular flexibility index (Phi) is 2.35. The number of hydrogen-bond donors (Lipinski definition) is 1. The Bertz CT molecular complexity index is 468. The molecule has 1 aromatic heterocycles. The zero-order valence-corrected chi connectivity index (χ0v) is 8.38. The molecule has 3 nitrogen and oxygen atoms in total. The predicted molar refractivity (Wildman–Crippen MR) is 53.6 cm³/mol. The molecule has 0 aliphatic rings.